The Morgan fingerprint density at radius 2 is 2.27 bits per heavy atom. The van der Waals surface area contributed by atoms with Crippen molar-refractivity contribution in [2.45, 2.75) is 0 Å². The second-order valence-corrected chi connectivity index (χ2v) is 4.43. The van der Waals surface area contributed by atoms with Crippen molar-refractivity contribution < 1.29 is 4.79 Å². The molecule has 2 aromatic heterocycles. The van der Waals surface area contributed by atoms with E-state index in [0.717, 1.165) is 4.60 Å². The van der Waals surface area contributed by atoms with Crippen LogP contribution in [0.2, 0.25) is 0 Å². The first-order valence-electron chi connectivity index (χ1n) is 4.21. The van der Waals surface area contributed by atoms with Gasteiger partial charge in [-0.1, -0.05) is 0 Å². The van der Waals surface area contributed by atoms with Gasteiger partial charge in [-0.25, -0.2) is 4.98 Å². The Morgan fingerprint density at radius 3 is 2.87 bits per heavy atom. The maximum Gasteiger partial charge on any atom is 0.256 e. The van der Waals surface area contributed by atoms with E-state index in [1.807, 2.05) is 10.8 Å². The van der Waals surface area contributed by atoms with Gasteiger partial charge in [0.1, 0.15) is 4.60 Å². The summed E-state index contributed by atoms with van der Waals surface area (Å²) in [5.74, 6) is -0.111. The van der Waals surface area contributed by atoms with Gasteiger partial charge in [-0.05, 0) is 39.5 Å². The van der Waals surface area contributed by atoms with Crippen LogP contribution in [0.25, 0.3) is 0 Å². The fourth-order valence-corrected chi connectivity index (χ4v) is 1.92. The van der Waals surface area contributed by atoms with Crippen LogP contribution >= 0.6 is 27.3 Å². The molecule has 0 saturated carbocycles. The predicted molar refractivity (Wildman–Crippen MR) is 64.2 cm³/mol. The molecule has 0 aliphatic rings. The van der Waals surface area contributed by atoms with E-state index in [1.54, 1.807) is 24.4 Å². The lowest BCUT2D eigenvalue weighted by Crippen LogP contribution is -2.10. The Hall–Kier alpha value is -1.20. The fraction of sp³-hybridized carbons (Fsp3) is 0. The molecule has 0 radical (unpaired) electrons. The van der Waals surface area contributed by atoms with Crippen LogP contribution in [-0.4, -0.2) is 10.9 Å². The Kier molecular flexibility index (Phi) is 3.13. The van der Waals surface area contributed by atoms with Crippen LogP contribution in [0.4, 0.5) is 5.69 Å². The lowest BCUT2D eigenvalue weighted by Gasteiger charge is -2.02. The van der Waals surface area contributed by atoms with Gasteiger partial charge in [0.05, 0.1) is 17.4 Å². The standard InChI is InChI=1S/C10H7BrN2OS/c11-9-2-1-8(5-12-9)13-10(14)7-3-4-15-6-7/h1-6H,(H,13,14). The molecule has 3 nitrogen and oxygen atoms in total. The summed E-state index contributed by atoms with van der Waals surface area (Å²) in [7, 11) is 0. The van der Waals surface area contributed by atoms with Crippen LogP contribution in [0.1, 0.15) is 10.4 Å². The highest BCUT2D eigenvalue weighted by molar-refractivity contribution is 9.10. The van der Waals surface area contributed by atoms with Crippen molar-refractivity contribution in [3.8, 4) is 0 Å². The van der Waals surface area contributed by atoms with Gasteiger partial charge in [0.25, 0.3) is 5.91 Å². The van der Waals surface area contributed by atoms with Crippen molar-refractivity contribution in [1.82, 2.24) is 4.98 Å². The number of nitrogens with one attached hydrogen (secondary N) is 1. The van der Waals surface area contributed by atoms with E-state index in [2.05, 4.69) is 26.2 Å². The smallest absolute Gasteiger partial charge is 0.256 e. The van der Waals surface area contributed by atoms with E-state index >= 15 is 0 Å². The van der Waals surface area contributed by atoms with Gasteiger partial charge < -0.3 is 5.32 Å². The number of carbonyl (C=O) groups is 1. The number of aromatic nitrogens is 1. The van der Waals surface area contributed by atoms with E-state index in [4.69, 9.17) is 0 Å². The second kappa shape index (κ2) is 4.55. The number of anilines is 1. The largest absolute Gasteiger partial charge is 0.321 e. The molecular formula is C10H7BrN2OS. The van der Waals surface area contributed by atoms with Gasteiger partial charge >= 0.3 is 0 Å². The highest BCUT2D eigenvalue weighted by Crippen LogP contribution is 2.13. The van der Waals surface area contributed by atoms with Crippen molar-refractivity contribution >= 4 is 38.9 Å². The number of thiophene rings is 1. The molecule has 2 rings (SSSR count). The van der Waals surface area contributed by atoms with Crippen LogP contribution in [0.15, 0.2) is 39.8 Å². The SMILES string of the molecule is O=C(Nc1ccc(Br)nc1)c1ccsc1. The first-order valence-corrected chi connectivity index (χ1v) is 5.94. The lowest BCUT2D eigenvalue weighted by atomic mass is 10.3. The normalized spacial score (nSPS) is 9.93. The fourth-order valence-electron chi connectivity index (χ4n) is 1.05. The maximum absolute atomic E-state index is 11.6. The Labute approximate surface area is 99.3 Å². The van der Waals surface area contributed by atoms with Crippen molar-refractivity contribution in [2.24, 2.45) is 0 Å². The molecule has 0 aliphatic heterocycles. The van der Waals surface area contributed by atoms with Gasteiger partial charge in [-0.3, -0.25) is 4.79 Å². The minimum Gasteiger partial charge on any atom is -0.321 e. The molecule has 2 heterocycles. The number of hydrogen-bond acceptors (Lipinski definition) is 3. The minimum absolute atomic E-state index is 0.111. The third kappa shape index (κ3) is 2.64. The van der Waals surface area contributed by atoms with Crippen LogP contribution in [-0.2, 0) is 0 Å². The van der Waals surface area contributed by atoms with Crippen molar-refractivity contribution in [2.75, 3.05) is 5.32 Å². The summed E-state index contributed by atoms with van der Waals surface area (Å²) in [6.07, 6.45) is 1.61. The molecule has 1 N–H and O–H groups in total. The summed E-state index contributed by atoms with van der Waals surface area (Å²) in [6, 6.07) is 5.36. The lowest BCUT2D eigenvalue weighted by molar-refractivity contribution is 0.102. The Morgan fingerprint density at radius 1 is 1.40 bits per heavy atom. The molecule has 76 valence electrons. The van der Waals surface area contributed by atoms with E-state index in [1.165, 1.54) is 11.3 Å². The molecule has 5 heteroatoms. The predicted octanol–water partition coefficient (Wildman–Crippen LogP) is 3.16. The number of halogens is 1. The molecule has 0 atom stereocenters. The highest BCUT2D eigenvalue weighted by atomic mass is 79.9. The van der Waals surface area contributed by atoms with Crippen molar-refractivity contribution in [3.05, 3.63) is 45.3 Å². The van der Waals surface area contributed by atoms with E-state index in [9.17, 15) is 4.79 Å². The average Bonchev–Trinajstić information content (AvgIpc) is 2.74. The van der Waals surface area contributed by atoms with Gasteiger partial charge in [-0.15, -0.1) is 0 Å². The molecular weight excluding hydrogens is 276 g/mol. The van der Waals surface area contributed by atoms with Gasteiger partial charge in [-0.2, -0.15) is 11.3 Å². The van der Waals surface area contributed by atoms with Gasteiger partial charge in [0.15, 0.2) is 0 Å². The monoisotopic (exact) mass is 282 g/mol. The summed E-state index contributed by atoms with van der Waals surface area (Å²) in [5, 5.41) is 6.43. The Bertz CT molecular complexity index is 453. The molecule has 1 amide bonds. The van der Waals surface area contributed by atoms with Crippen LogP contribution in [0.5, 0.6) is 0 Å². The summed E-state index contributed by atoms with van der Waals surface area (Å²) in [4.78, 5) is 15.6. The maximum atomic E-state index is 11.6. The van der Waals surface area contributed by atoms with Crippen molar-refractivity contribution in [1.29, 1.82) is 0 Å². The number of amides is 1. The summed E-state index contributed by atoms with van der Waals surface area (Å²) < 4.78 is 0.746. The number of carbonyl (C=O) groups excluding carboxylic acids is 1. The quantitative estimate of drug-likeness (QED) is 0.860. The molecule has 0 bridgehead atoms. The average molecular weight is 283 g/mol. The van der Waals surface area contributed by atoms with Crippen LogP contribution in [0.3, 0.4) is 0 Å². The topological polar surface area (TPSA) is 42.0 Å². The number of nitrogens with zero attached hydrogens (tertiary/aromatic N) is 1. The number of hydrogen-bond donors (Lipinski definition) is 1. The molecule has 0 fully saturated rings. The molecule has 0 aliphatic carbocycles. The van der Waals surface area contributed by atoms with Crippen molar-refractivity contribution in [3.63, 3.8) is 0 Å². The molecule has 0 spiro atoms. The first kappa shape index (κ1) is 10.3. The number of pyridine rings is 1. The van der Waals surface area contributed by atoms with E-state index in [-0.39, 0.29) is 5.91 Å². The van der Waals surface area contributed by atoms with Crippen LogP contribution in [0, 0.1) is 0 Å². The zero-order valence-corrected chi connectivity index (χ0v) is 10.0. The van der Waals surface area contributed by atoms with E-state index < -0.39 is 0 Å². The zero-order valence-electron chi connectivity index (χ0n) is 7.61. The Balaban J connectivity index is 2.09. The first-order chi connectivity index (χ1) is 7.25. The van der Waals surface area contributed by atoms with Crippen LogP contribution < -0.4 is 5.32 Å². The van der Waals surface area contributed by atoms with E-state index in [0.29, 0.717) is 11.3 Å². The van der Waals surface area contributed by atoms with Gasteiger partial charge in [0, 0.05) is 5.38 Å². The molecule has 0 saturated heterocycles. The second-order valence-electron chi connectivity index (χ2n) is 2.84. The molecule has 0 aromatic carbocycles. The minimum atomic E-state index is -0.111. The highest BCUT2D eigenvalue weighted by Gasteiger charge is 2.05. The zero-order chi connectivity index (χ0) is 10.7. The summed E-state index contributed by atoms with van der Waals surface area (Å²) >= 11 is 4.73. The van der Waals surface area contributed by atoms with Gasteiger partial charge in [0.2, 0.25) is 0 Å². The molecule has 15 heavy (non-hydrogen) atoms. The summed E-state index contributed by atoms with van der Waals surface area (Å²) in [5.41, 5.74) is 1.36. The third-order valence-electron chi connectivity index (χ3n) is 1.77. The molecule has 2 aromatic rings. The summed E-state index contributed by atoms with van der Waals surface area (Å²) in [6.45, 7) is 0. The third-order valence-corrected chi connectivity index (χ3v) is 2.92. The number of rotatable bonds is 2. The molecule has 0 unspecified atom stereocenters.